The average molecular weight is 524 g/mol. The molecule has 0 spiro atoms. The van der Waals surface area contributed by atoms with E-state index in [-0.39, 0.29) is 24.0 Å². The molecule has 6 nitrogen and oxygen atoms in total. The molecule has 1 aromatic heterocycles. The first-order chi connectivity index (χ1) is 14.3. The zero-order chi connectivity index (χ0) is 20.3. The molecule has 2 aromatic rings. The third kappa shape index (κ3) is 7.91. The van der Waals surface area contributed by atoms with Crippen molar-refractivity contribution in [1.29, 1.82) is 0 Å². The van der Waals surface area contributed by atoms with Gasteiger partial charge in [0.05, 0.1) is 13.1 Å². The van der Waals surface area contributed by atoms with Gasteiger partial charge in [0.2, 0.25) is 0 Å². The number of guanidine groups is 1. The van der Waals surface area contributed by atoms with Crippen LogP contribution in [0, 0.1) is 0 Å². The van der Waals surface area contributed by atoms with E-state index in [4.69, 9.17) is 4.99 Å². The Labute approximate surface area is 198 Å². The zero-order valence-electron chi connectivity index (χ0n) is 18.4. The van der Waals surface area contributed by atoms with Crippen molar-refractivity contribution in [3.05, 3.63) is 53.9 Å². The molecule has 7 heteroatoms. The summed E-state index contributed by atoms with van der Waals surface area (Å²) in [5, 5.41) is 11.2. The molecule has 1 saturated heterocycles. The van der Waals surface area contributed by atoms with Gasteiger partial charge in [-0.1, -0.05) is 30.7 Å². The minimum Gasteiger partial charge on any atom is -0.357 e. The minimum absolute atomic E-state index is 0. The maximum absolute atomic E-state index is 4.82. The van der Waals surface area contributed by atoms with E-state index in [1.54, 1.807) is 0 Å². The summed E-state index contributed by atoms with van der Waals surface area (Å²) in [5.41, 5.74) is 2.50. The van der Waals surface area contributed by atoms with Crippen LogP contribution in [-0.4, -0.2) is 52.9 Å². The van der Waals surface area contributed by atoms with Crippen molar-refractivity contribution in [1.82, 2.24) is 25.3 Å². The van der Waals surface area contributed by atoms with Crippen LogP contribution in [0.25, 0.3) is 0 Å². The number of aromatic nitrogens is 2. The Morgan fingerprint density at radius 2 is 2.00 bits per heavy atom. The molecule has 1 atom stereocenters. The predicted molar refractivity (Wildman–Crippen MR) is 136 cm³/mol. The first kappa shape index (κ1) is 24.7. The van der Waals surface area contributed by atoms with Crippen LogP contribution in [0.2, 0.25) is 0 Å². The van der Waals surface area contributed by atoms with Gasteiger partial charge in [-0.05, 0) is 56.8 Å². The van der Waals surface area contributed by atoms with Gasteiger partial charge in [0.1, 0.15) is 0 Å². The molecule has 2 heterocycles. The SMILES string of the molecule is CCNC(=NCc1ccccc1Cn1cccn1)NCCCN1CCCCC1C.I. The molecule has 0 bridgehead atoms. The van der Waals surface area contributed by atoms with E-state index in [0.29, 0.717) is 6.54 Å². The average Bonchev–Trinajstić information content (AvgIpc) is 3.24. The van der Waals surface area contributed by atoms with Crippen LogP contribution < -0.4 is 10.6 Å². The number of rotatable bonds is 9. The van der Waals surface area contributed by atoms with E-state index < -0.39 is 0 Å². The van der Waals surface area contributed by atoms with E-state index in [1.165, 1.54) is 43.5 Å². The van der Waals surface area contributed by atoms with Crippen molar-refractivity contribution in [3.8, 4) is 0 Å². The Bertz CT molecular complexity index is 746. The summed E-state index contributed by atoms with van der Waals surface area (Å²) >= 11 is 0. The highest BCUT2D eigenvalue weighted by Gasteiger charge is 2.17. The van der Waals surface area contributed by atoms with Crippen LogP contribution >= 0.6 is 24.0 Å². The first-order valence-corrected chi connectivity index (χ1v) is 11.1. The van der Waals surface area contributed by atoms with Gasteiger partial charge >= 0.3 is 0 Å². The molecule has 1 aromatic carbocycles. The molecule has 0 saturated carbocycles. The highest BCUT2D eigenvalue weighted by molar-refractivity contribution is 14.0. The Morgan fingerprint density at radius 3 is 2.73 bits per heavy atom. The number of aliphatic imine (C=N–C) groups is 1. The van der Waals surface area contributed by atoms with Crippen LogP contribution in [0.4, 0.5) is 0 Å². The third-order valence-electron chi connectivity index (χ3n) is 5.62. The maximum Gasteiger partial charge on any atom is 0.191 e. The van der Waals surface area contributed by atoms with Gasteiger partial charge in [-0.2, -0.15) is 5.10 Å². The Kier molecular flexibility index (Phi) is 11.2. The van der Waals surface area contributed by atoms with Crippen molar-refractivity contribution in [2.75, 3.05) is 26.2 Å². The lowest BCUT2D eigenvalue weighted by molar-refractivity contribution is 0.159. The maximum atomic E-state index is 4.82. The second-order valence-corrected chi connectivity index (χ2v) is 7.83. The van der Waals surface area contributed by atoms with E-state index in [0.717, 1.165) is 38.1 Å². The largest absolute Gasteiger partial charge is 0.357 e. The topological polar surface area (TPSA) is 57.5 Å². The van der Waals surface area contributed by atoms with Crippen LogP contribution in [0.15, 0.2) is 47.7 Å². The molecular formula is C23H37IN6. The monoisotopic (exact) mass is 524 g/mol. The normalized spacial score (nSPS) is 17.4. The highest BCUT2D eigenvalue weighted by atomic mass is 127. The number of hydrogen-bond acceptors (Lipinski definition) is 3. The minimum atomic E-state index is 0. The molecule has 166 valence electrons. The molecule has 1 fully saturated rings. The van der Waals surface area contributed by atoms with Crippen molar-refractivity contribution >= 4 is 29.9 Å². The van der Waals surface area contributed by atoms with Crippen molar-refractivity contribution < 1.29 is 0 Å². The quantitative estimate of drug-likeness (QED) is 0.226. The van der Waals surface area contributed by atoms with Gasteiger partial charge < -0.3 is 15.5 Å². The lowest BCUT2D eigenvalue weighted by Crippen LogP contribution is -2.41. The number of hydrogen-bond donors (Lipinski definition) is 2. The second kappa shape index (κ2) is 13.6. The third-order valence-corrected chi connectivity index (χ3v) is 5.62. The van der Waals surface area contributed by atoms with Gasteiger partial charge in [0.15, 0.2) is 5.96 Å². The molecule has 1 aliphatic rings. The van der Waals surface area contributed by atoms with Crippen molar-refractivity contribution in [2.24, 2.45) is 4.99 Å². The summed E-state index contributed by atoms with van der Waals surface area (Å²) in [5.74, 6) is 0.896. The molecule has 30 heavy (non-hydrogen) atoms. The summed E-state index contributed by atoms with van der Waals surface area (Å²) < 4.78 is 1.95. The molecule has 3 rings (SSSR count). The number of benzene rings is 1. The van der Waals surface area contributed by atoms with Crippen LogP contribution in [0.5, 0.6) is 0 Å². The van der Waals surface area contributed by atoms with Crippen LogP contribution in [0.1, 0.15) is 50.7 Å². The second-order valence-electron chi connectivity index (χ2n) is 7.83. The highest BCUT2D eigenvalue weighted by Crippen LogP contribution is 2.16. The number of piperidine rings is 1. The molecule has 0 amide bonds. The van der Waals surface area contributed by atoms with Gasteiger partial charge in [-0.3, -0.25) is 4.68 Å². The molecule has 1 aliphatic heterocycles. The van der Waals surface area contributed by atoms with E-state index in [9.17, 15) is 0 Å². The lowest BCUT2D eigenvalue weighted by Gasteiger charge is -2.33. The van der Waals surface area contributed by atoms with E-state index in [1.807, 2.05) is 23.1 Å². The van der Waals surface area contributed by atoms with Gasteiger partial charge in [0.25, 0.3) is 0 Å². The fourth-order valence-corrected chi connectivity index (χ4v) is 3.92. The number of nitrogens with one attached hydrogen (secondary N) is 2. The zero-order valence-corrected chi connectivity index (χ0v) is 20.7. The fraction of sp³-hybridized carbons (Fsp3) is 0.565. The van der Waals surface area contributed by atoms with Crippen molar-refractivity contribution in [2.45, 2.75) is 58.7 Å². The van der Waals surface area contributed by atoms with Crippen LogP contribution in [0.3, 0.4) is 0 Å². The standard InChI is InChI=1S/C23H36N6.HI/c1-3-24-23(25-13-8-16-28-15-7-6-10-20(28)2)26-18-21-11-4-5-12-22(21)19-29-17-9-14-27-29;/h4-5,9,11-12,14,17,20H,3,6-8,10,13,15-16,18-19H2,1-2H3,(H2,24,25,26);1H. The molecule has 2 N–H and O–H groups in total. The van der Waals surface area contributed by atoms with Crippen LogP contribution in [-0.2, 0) is 13.1 Å². The first-order valence-electron chi connectivity index (χ1n) is 11.1. The smallest absolute Gasteiger partial charge is 0.191 e. The summed E-state index contributed by atoms with van der Waals surface area (Å²) in [6.07, 6.45) is 9.03. The van der Waals surface area contributed by atoms with Gasteiger partial charge in [-0.25, -0.2) is 4.99 Å². The lowest BCUT2D eigenvalue weighted by atomic mass is 10.0. The Morgan fingerprint density at radius 1 is 1.17 bits per heavy atom. The summed E-state index contributed by atoms with van der Waals surface area (Å²) in [6, 6.07) is 11.2. The number of nitrogens with zero attached hydrogens (tertiary/aromatic N) is 4. The fourth-order valence-electron chi connectivity index (χ4n) is 3.92. The predicted octanol–water partition coefficient (Wildman–Crippen LogP) is 3.87. The summed E-state index contributed by atoms with van der Waals surface area (Å²) in [6.45, 7) is 10.1. The van der Waals surface area contributed by atoms with Gasteiger partial charge in [0, 0.05) is 38.1 Å². The van der Waals surface area contributed by atoms with E-state index in [2.05, 4.69) is 58.7 Å². The van der Waals surface area contributed by atoms with E-state index >= 15 is 0 Å². The molecule has 1 unspecified atom stereocenters. The number of likely N-dealkylation sites (tertiary alicyclic amines) is 1. The Hall–Kier alpha value is -1.61. The summed E-state index contributed by atoms with van der Waals surface area (Å²) in [4.78, 5) is 7.45. The van der Waals surface area contributed by atoms with Gasteiger partial charge in [-0.15, -0.1) is 24.0 Å². The molecule has 0 radical (unpaired) electrons. The number of halogens is 1. The Balaban J connectivity index is 0.00000320. The molecule has 0 aliphatic carbocycles. The summed E-state index contributed by atoms with van der Waals surface area (Å²) in [7, 11) is 0. The van der Waals surface area contributed by atoms with Crippen molar-refractivity contribution in [3.63, 3.8) is 0 Å². The molecular weight excluding hydrogens is 487 g/mol.